The third-order valence-corrected chi connectivity index (χ3v) is 20.5. The molecule has 0 nitrogen and oxygen atoms in total. The van der Waals surface area contributed by atoms with Crippen LogP contribution >= 0.6 is 0 Å². The molecule has 4 aromatic carbocycles. The van der Waals surface area contributed by atoms with E-state index in [1.165, 1.54) is 73.2 Å². The van der Waals surface area contributed by atoms with Crippen molar-refractivity contribution >= 4 is 12.2 Å². The molecular weight excluding hydrogens is 635 g/mol. The second-order valence-electron chi connectivity index (χ2n) is 14.9. The number of allylic oxidation sites excluding steroid dienone is 2. The molecule has 3 aliphatic rings. The monoisotopic (exact) mass is 682 g/mol. The Morgan fingerprint density at radius 2 is 0.957 bits per heavy atom. The molecule has 1 aliphatic heterocycles. The van der Waals surface area contributed by atoms with Gasteiger partial charge >= 0.3 is 271 Å². The number of hydrogen-bond acceptors (Lipinski definition) is 0. The minimum Gasteiger partial charge on any atom is -1.00 e. The van der Waals surface area contributed by atoms with Crippen LogP contribution in [-0.4, -0.2) is 0 Å². The first-order valence-electron chi connectivity index (χ1n) is 17.1. The Bertz CT molecular complexity index is 1630. The fourth-order valence-corrected chi connectivity index (χ4v) is 18.7. The van der Waals surface area contributed by atoms with E-state index in [2.05, 4.69) is 139 Å². The van der Waals surface area contributed by atoms with Crippen molar-refractivity contribution < 1.29 is 41.4 Å². The van der Waals surface area contributed by atoms with Crippen LogP contribution in [0.25, 0.3) is 34.4 Å². The number of benzene rings is 4. The van der Waals surface area contributed by atoms with Gasteiger partial charge < -0.3 is 24.8 Å². The Kier molecular flexibility index (Phi) is 10.7. The molecule has 1 saturated heterocycles. The fraction of sp³-hybridized carbons (Fsp3) is 0.349. The zero-order valence-electron chi connectivity index (χ0n) is 28.3. The maximum Gasteiger partial charge on any atom is -1.00 e. The van der Waals surface area contributed by atoms with Crippen LogP contribution in [0, 0.1) is 25.7 Å². The normalized spacial score (nSPS) is 18.3. The quantitative estimate of drug-likeness (QED) is 0.181. The van der Waals surface area contributed by atoms with E-state index in [1.54, 1.807) is 22.3 Å². The summed E-state index contributed by atoms with van der Waals surface area (Å²) in [5.41, 5.74) is 18.1. The average Bonchev–Trinajstić information content (AvgIpc) is 3.51. The molecule has 46 heavy (non-hydrogen) atoms. The van der Waals surface area contributed by atoms with Gasteiger partial charge in [0.25, 0.3) is 0 Å². The van der Waals surface area contributed by atoms with Gasteiger partial charge in [-0.25, -0.2) is 0 Å². The van der Waals surface area contributed by atoms with E-state index in [4.69, 9.17) is 0 Å². The van der Waals surface area contributed by atoms with Crippen LogP contribution in [0.15, 0.2) is 96.1 Å². The molecule has 0 aromatic heterocycles. The third-order valence-electron chi connectivity index (χ3n) is 10.8. The van der Waals surface area contributed by atoms with Crippen molar-refractivity contribution in [3.63, 3.8) is 0 Å². The molecule has 0 N–H and O–H groups in total. The first-order valence-corrected chi connectivity index (χ1v) is 21.1. The summed E-state index contributed by atoms with van der Waals surface area (Å²) in [5.74, 6) is 1.32. The summed E-state index contributed by atoms with van der Waals surface area (Å²) in [6, 6.07) is 32.9. The summed E-state index contributed by atoms with van der Waals surface area (Å²) in [6.45, 7) is 14.1. The molecule has 0 bridgehead atoms. The van der Waals surface area contributed by atoms with Crippen molar-refractivity contribution in [3.8, 4) is 22.3 Å². The van der Waals surface area contributed by atoms with Crippen LogP contribution < -0.4 is 24.8 Å². The molecule has 238 valence electrons. The third kappa shape index (κ3) is 6.17. The molecule has 0 spiro atoms. The minimum absolute atomic E-state index is 0. The fourth-order valence-electron chi connectivity index (χ4n) is 8.88. The Morgan fingerprint density at radius 3 is 1.28 bits per heavy atom. The smallest absolute Gasteiger partial charge is 1.00 e. The summed E-state index contributed by atoms with van der Waals surface area (Å²) in [6.07, 6.45) is 9.19. The molecule has 2 aliphatic carbocycles. The summed E-state index contributed by atoms with van der Waals surface area (Å²) in [7, 11) is 0. The second kappa shape index (κ2) is 14.0. The number of aryl methyl sites for hydroxylation is 2. The van der Waals surface area contributed by atoms with Gasteiger partial charge in [0.15, 0.2) is 0 Å². The minimum atomic E-state index is -2.56. The standard InChI is InChI=1S/2C20H21.C3H6.2ClH.Ti/c2*1-14(2)11-16-12-18-5-4-6-19(20(18)13-16)17-9-7-15(3)8-10-17;1-3-2;;;/h2*4-10,12-14H,11H2,1-3H3;1-3H2;2*1H;/q;;;;;+2/p-2. The number of hydrogen-bond donors (Lipinski definition) is 0. The molecule has 1 heterocycles. The van der Waals surface area contributed by atoms with Gasteiger partial charge in [-0.05, 0) is 0 Å². The van der Waals surface area contributed by atoms with Crippen molar-refractivity contribution in [1.82, 2.24) is 0 Å². The van der Waals surface area contributed by atoms with Crippen LogP contribution in [0.5, 0.6) is 0 Å². The topological polar surface area (TPSA) is 0 Å². The first kappa shape index (κ1) is 35.0. The molecular formula is C43H48Cl2Ti. The molecule has 3 heteroatoms. The maximum absolute atomic E-state index is 2.67. The van der Waals surface area contributed by atoms with Gasteiger partial charge in [-0.2, -0.15) is 0 Å². The molecule has 0 radical (unpaired) electrons. The molecule has 2 unspecified atom stereocenters. The van der Waals surface area contributed by atoms with Gasteiger partial charge in [-0.3, -0.25) is 0 Å². The molecule has 1 fully saturated rings. The van der Waals surface area contributed by atoms with E-state index >= 15 is 0 Å². The zero-order chi connectivity index (χ0) is 30.6. The van der Waals surface area contributed by atoms with Crippen LogP contribution in [0.1, 0.15) is 88.8 Å². The SMILES string of the molecule is Cc1ccc(-c2cccc3c2C=C(CC(C)C)[CH]3[Ti+2]2([CH]3C(CC(C)C)=Cc4c(-c5ccc(C)cc5)cccc43)[CH2]C[CH2]2)cc1.[Cl-].[Cl-]. The number of rotatable bonds is 8. The van der Waals surface area contributed by atoms with E-state index in [-0.39, 0.29) is 24.8 Å². The van der Waals surface area contributed by atoms with Crippen LogP contribution in [0.3, 0.4) is 0 Å². The molecule has 2 atom stereocenters. The Balaban J connectivity index is 0.00000208. The predicted molar refractivity (Wildman–Crippen MR) is 188 cm³/mol. The largest absolute Gasteiger partial charge is 1.00 e. The van der Waals surface area contributed by atoms with Crippen LogP contribution in [0.4, 0.5) is 0 Å². The van der Waals surface area contributed by atoms with E-state index in [9.17, 15) is 0 Å². The van der Waals surface area contributed by atoms with Crippen molar-refractivity contribution in [2.75, 3.05) is 0 Å². The number of halogens is 2. The first-order chi connectivity index (χ1) is 21.2. The Labute approximate surface area is 294 Å². The molecule has 4 aromatic rings. The van der Waals surface area contributed by atoms with Crippen LogP contribution in [0.2, 0.25) is 9.45 Å². The second-order valence-corrected chi connectivity index (χ2v) is 22.2. The van der Waals surface area contributed by atoms with Gasteiger partial charge in [0, 0.05) is 0 Å². The zero-order valence-corrected chi connectivity index (χ0v) is 31.4. The molecule has 0 saturated carbocycles. The van der Waals surface area contributed by atoms with Crippen molar-refractivity contribution in [1.29, 1.82) is 0 Å². The van der Waals surface area contributed by atoms with Crippen molar-refractivity contribution in [2.24, 2.45) is 11.8 Å². The summed E-state index contributed by atoms with van der Waals surface area (Å²) in [4.78, 5) is 0. The number of fused-ring (bicyclic) bond motifs is 2. The predicted octanol–water partition coefficient (Wildman–Crippen LogP) is 6.71. The van der Waals surface area contributed by atoms with Crippen molar-refractivity contribution in [2.45, 2.75) is 78.7 Å². The van der Waals surface area contributed by atoms with E-state index in [0.717, 1.165) is 0 Å². The molecule has 0 amide bonds. The van der Waals surface area contributed by atoms with Crippen LogP contribution in [-0.2, 0) is 16.6 Å². The average molecular weight is 684 g/mol. The van der Waals surface area contributed by atoms with Gasteiger partial charge in [0.05, 0.1) is 0 Å². The van der Waals surface area contributed by atoms with E-state index in [1.807, 2.05) is 0 Å². The van der Waals surface area contributed by atoms with Gasteiger partial charge in [-0.1, -0.05) is 0 Å². The van der Waals surface area contributed by atoms with E-state index < -0.39 is 16.6 Å². The maximum atomic E-state index is 2.67. The van der Waals surface area contributed by atoms with Gasteiger partial charge in [-0.15, -0.1) is 0 Å². The summed E-state index contributed by atoms with van der Waals surface area (Å²) in [5, 5.41) is 0. The van der Waals surface area contributed by atoms with E-state index in [0.29, 0.717) is 20.3 Å². The molecule has 7 rings (SSSR count). The van der Waals surface area contributed by atoms with Gasteiger partial charge in [0.1, 0.15) is 0 Å². The van der Waals surface area contributed by atoms with Crippen molar-refractivity contribution in [3.05, 3.63) is 129 Å². The summed E-state index contributed by atoms with van der Waals surface area (Å²) >= 11 is -2.56. The summed E-state index contributed by atoms with van der Waals surface area (Å²) < 4.78 is 4.28. The van der Waals surface area contributed by atoms with Gasteiger partial charge in [0.2, 0.25) is 0 Å². The Morgan fingerprint density at radius 1 is 0.565 bits per heavy atom. The Hall–Kier alpha value is -2.35.